The van der Waals surface area contributed by atoms with Crippen LogP contribution in [0.25, 0.3) is 0 Å². The van der Waals surface area contributed by atoms with Crippen LogP contribution in [0.15, 0.2) is 0 Å². The lowest BCUT2D eigenvalue weighted by molar-refractivity contribution is -0.240. The zero-order chi connectivity index (χ0) is 41.2. The van der Waals surface area contributed by atoms with Crippen molar-refractivity contribution in [1.82, 2.24) is 10.6 Å². The second kappa shape index (κ2) is 18.6. The van der Waals surface area contributed by atoms with Crippen LogP contribution in [-0.2, 0) is 66.4 Å². The molecule has 0 aliphatic carbocycles. The average Bonchev–Trinajstić information content (AvgIpc) is 3.82. The molecule has 0 aromatic rings. The summed E-state index contributed by atoms with van der Waals surface area (Å²) in [6.45, 7) is 20.6. The predicted molar refractivity (Wildman–Crippen MR) is 203 cm³/mol. The number of ether oxygens (including phenoxy) is 12. The highest BCUT2D eigenvalue weighted by molar-refractivity contribution is 5.70. The van der Waals surface area contributed by atoms with Gasteiger partial charge < -0.3 is 67.5 Å². The molecule has 0 aromatic heterocycles. The fourth-order valence-electron chi connectivity index (χ4n) is 9.05. The molecule has 6 rings (SSSR count). The molecular weight excluding hydrogens is 744 g/mol. The molecule has 0 amide bonds. The highest BCUT2D eigenvalue weighted by Crippen LogP contribution is 2.46. The van der Waals surface area contributed by atoms with Crippen LogP contribution in [0.2, 0.25) is 0 Å². The molecule has 6 fully saturated rings. The highest BCUT2D eigenvalue weighted by atomic mass is 16.9. The van der Waals surface area contributed by atoms with E-state index in [9.17, 15) is 9.59 Å². The van der Waals surface area contributed by atoms with E-state index in [1.807, 2.05) is 55.4 Å². The van der Waals surface area contributed by atoms with Gasteiger partial charge >= 0.3 is 11.9 Å². The first-order valence-corrected chi connectivity index (χ1v) is 21.4. The Bertz CT molecular complexity index is 1250. The summed E-state index contributed by atoms with van der Waals surface area (Å²) in [5, 5.41) is 7.18. The minimum Gasteiger partial charge on any atom is -0.466 e. The van der Waals surface area contributed by atoms with Gasteiger partial charge in [-0.15, -0.1) is 0 Å². The fourth-order valence-corrected chi connectivity index (χ4v) is 9.05. The van der Waals surface area contributed by atoms with E-state index in [2.05, 4.69) is 10.6 Å². The summed E-state index contributed by atoms with van der Waals surface area (Å²) < 4.78 is 73.5. The second-order valence-corrected chi connectivity index (χ2v) is 17.9. The molecule has 57 heavy (non-hydrogen) atoms. The molecule has 2 N–H and O–H groups in total. The van der Waals surface area contributed by atoms with E-state index in [4.69, 9.17) is 56.8 Å². The zero-order valence-corrected chi connectivity index (χ0v) is 35.8. The van der Waals surface area contributed by atoms with Gasteiger partial charge in [0.2, 0.25) is 0 Å². The van der Waals surface area contributed by atoms with Crippen LogP contribution in [-0.4, -0.2) is 135 Å². The van der Waals surface area contributed by atoms with Crippen LogP contribution in [0, 0.1) is 0 Å². The molecule has 0 radical (unpaired) electrons. The van der Waals surface area contributed by atoms with Gasteiger partial charge in [-0.2, -0.15) is 0 Å². The molecule has 328 valence electrons. The Hall–Kier alpha value is -1.54. The van der Waals surface area contributed by atoms with E-state index >= 15 is 0 Å². The summed E-state index contributed by atoms with van der Waals surface area (Å²) in [6, 6.07) is -0.724. The Balaban J connectivity index is 0.937. The Labute approximate surface area is 338 Å². The molecule has 0 spiro atoms. The minimum absolute atomic E-state index is 0.135. The molecule has 0 aromatic carbocycles. The van der Waals surface area contributed by atoms with E-state index < -0.39 is 84.6 Å². The van der Waals surface area contributed by atoms with Gasteiger partial charge in [-0.3, -0.25) is 9.59 Å². The van der Waals surface area contributed by atoms with Crippen LogP contribution < -0.4 is 10.6 Å². The van der Waals surface area contributed by atoms with Crippen molar-refractivity contribution in [2.24, 2.45) is 0 Å². The van der Waals surface area contributed by atoms with Crippen LogP contribution in [0.5, 0.6) is 0 Å². The largest absolute Gasteiger partial charge is 0.466 e. The first-order valence-electron chi connectivity index (χ1n) is 21.4. The lowest BCUT2D eigenvalue weighted by Crippen LogP contribution is -2.61. The standard InChI is InChI=1S/C41H70N2O14/c1-11-46-26(44)22-24(28-30-32(52-38(3,4)50-30)34-36(48-28)56-40(7,8)54-34)42-20-18-16-14-13-15-17-19-21-43-25(23-27(45)47-12-2)29-31-33(53-39(5,6)51-31)35-37(49-29)57-41(9,10)55-35/h24-25,28-37,42-43H,11-23H2,1-10H3/t24-,25+,28-,29-,30+,31+,32+,33+,34-,35-,36-,37-/m1/s1. The lowest BCUT2D eigenvalue weighted by Gasteiger charge is -2.41. The van der Waals surface area contributed by atoms with Gasteiger partial charge in [-0.05, 0) is 95.2 Å². The van der Waals surface area contributed by atoms with Crippen molar-refractivity contribution in [3.05, 3.63) is 0 Å². The highest BCUT2D eigenvalue weighted by Gasteiger charge is 2.63. The number of rotatable bonds is 20. The Morgan fingerprint density at radius 1 is 0.474 bits per heavy atom. The summed E-state index contributed by atoms with van der Waals surface area (Å²) in [5.41, 5.74) is 0. The van der Waals surface area contributed by atoms with Crippen LogP contribution in [0.3, 0.4) is 0 Å². The SMILES string of the molecule is CCOC(=O)C[C@H](NCCCCCCCCCN[C@H](CC(=O)OCC)[C@H]1O[C@@H]2OC(C)(C)O[C@@H]2[C@H]2OC(C)(C)O[C@H]21)[C@H]1O[C@@H]2OC(C)(C)O[C@@H]2[C@H]2OC(C)(C)O[C@H]21. The third-order valence-electron chi connectivity index (χ3n) is 11.2. The van der Waals surface area contributed by atoms with E-state index in [-0.39, 0.29) is 36.9 Å². The molecule has 6 aliphatic heterocycles. The lowest BCUT2D eigenvalue weighted by atomic mass is 9.92. The number of carbonyl (C=O) groups excluding carboxylic acids is 2. The van der Waals surface area contributed by atoms with Gasteiger partial charge in [0.25, 0.3) is 0 Å². The van der Waals surface area contributed by atoms with Gasteiger partial charge in [0.15, 0.2) is 35.7 Å². The molecule has 6 heterocycles. The molecule has 0 bridgehead atoms. The van der Waals surface area contributed by atoms with Crippen molar-refractivity contribution in [3.63, 3.8) is 0 Å². The van der Waals surface area contributed by atoms with Crippen molar-refractivity contribution < 1.29 is 66.4 Å². The Morgan fingerprint density at radius 3 is 1.16 bits per heavy atom. The maximum absolute atomic E-state index is 12.8. The topological polar surface area (TPSA) is 169 Å². The summed E-state index contributed by atoms with van der Waals surface area (Å²) in [7, 11) is 0. The van der Waals surface area contributed by atoms with Gasteiger partial charge in [0, 0.05) is 12.1 Å². The third-order valence-corrected chi connectivity index (χ3v) is 11.2. The van der Waals surface area contributed by atoms with E-state index in [0.29, 0.717) is 26.3 Å². The number of hydrogen-bond acceptors (Lipinski definition) is 16. The summed E-state index contributed by atoms with van der Waals surface area (Å²) >= 11 is 0. The van der Waals surface area contributed by atoms with Crippen molar-refractivity contribution >= 4 is 11.9 Å². The number of hydrogen-bond donors (Lipinski definition) is 2. The van der Waals surface area contributed by atoms with E-state index in [1.54, 1.807) is 13.8 Å². The molecular formula is C41H70N2O14. The van der Waals surface area contributed by atoms with Crippen LogP contribution in [0.1, 0.15) is 127 Å². The summed E-state index contributed by atoms with van der Waals surface area (Å²) in [5.74, 6) is -3.90. The third kappa shape index (κ3) is 11.4. The van der Waals surface area contributed by atoms with Crippen LogP contribution in [0.4, 0.5) is 0 Å². The zero-order valence-electron chi connectivity index (χ0n) is 35.8. The van der Waals surface area contributed by atoms with Crippen molar-refractivity contribution in [2.45, 2.75) is 224 Å². The molecule has 0 saturated carbocycles. The first-order chi connectivity index (χ1) is 26.9. The number of carbonyl (C=O) groups is 2. The summed E-state index contributed by atoms with van der Waals surface area (Å²) in [6.07, 6.45) is 2.70. The maximum atomic E-state index is 12.8. The number of fused-ring (bicyclic) bond motifs is 6. The number of nitrogens with one attached hydrogen (secondary N) is 2. The molecule has 12 atom stereocenters. The van der Waals surface area contributed by atoms with Crippen molar-refractivity contribution in [3.8, 4) is 0 Å². The normalized spacial score (nSPS) is 36.5. The van der Waals surface area contributed by atoms with Gasteiger partial charge in [-0.25, -0.2) is 0 Å². The van der Waals surface area contributed by atoms with Gasteiger partial charge in [0.05, 0.1) is 26.1 Å². The van der Waals surface area contributed by atoms with E-state index in [0.717, 1.165) is 44.9 Å². The fraction of sp³-hybridized carbons (Fsp3) is 0.951. The Morgan fingerprint density at radius 2 is 0.789 bits per heavy atom. The van der Waals surface area contributed by atoms with Crippen molar-refractivity contribution in [2.75, 3.05) is 26.3 Å². The second-order valence-electron chi connectivity index (χ2n) is 17.9. The predicted octanol–water partition coefficient (Wildman–Crippen LogP) is 4.33. The molecule has 16 nitrogen and oxygen atoms in total. The molecule has 0 unspecified atom stereocenters. The van der Waals surface area contributed by atoms with Gasteiger partial charge in [-0.1, -0.05) is 32.1 Å². The van der Waals surface area contributed by atoms with Crippen LogP contribution >= 0.6 is 0 Å². The maximum Gasteiger partial charge on any atom is 0.307 e. The molecule has 6 aliphatic rings. The number of esters is 2. The average molecular weight is 815 g/mol. The first kappa shape index (κ1) is 45.0. The monoisotopic (exact) mass is 814 g/mol. The smallest absolute Gasteiger partial charge is 0.307 e. The molecule has 16 heteroatoms. The van der Waals surface area contributed by atoms with E-state index in [1.165, 1.54) is 0 Å². The Kier molecular flexibility index (Phi) is 14.7. The van der Waals surface area contributed by atoms with Crippen molar-refractivity contribution in [1.29, 1.82) is 0 Å². The number of unbranched alkanes of at least 4 members (excludes halogenated alkanes) is 6. The quantitative estimate of drug-likeness (QED) is 0.132. The van der Waals surface area contributed by atoms with Gasteiger partial charge in [0.1, 0.15) is 48.8 Å². The summed E-state index contributed by atoms with van der Waals surface area (Å²) in [4.78, 5) is 25.5. The minimum atomic E-state index is -0.830. The molecule has 6 saturated heterocycles.